The number of aryl methyl sites for hydroxylation is 1. The quantitative estimate of drug-likeness (QED) is 0.748. The van der Waals surface area contributed by atoms with Crippen molar-refractivity contribution in [2.75, 3.05) is 0 Å². The Morgan fingerprint density at radius 1 is 1.28 bits per heavy atom. The Morgan fingerprint density at radius 3 is 2.39 bits per heavy atom. The van der Waals surface area contributed by atoms with E-state index < -0.39 is 11.9 Å². The molecule has 0 amide bonds. The van der Waals surface area contributed by atoms with Crippen molar-refractivity contribution in [3.05, 3.63) is 48.1 Å². The topological polar surface area (TPSA) is 17.8 Å². The van der Waals surface area contributed by atoms with Gasteiger partial charge >= 0.3 is 6.18 Å². The van der Waals surface area contributed by atoms with Crippen molar-refractivity contribution in [2.24, 2.45) is 7.05 Å². The van der Waals surface area contributed by atoms with Crippen LogP contribution in [0.2, 0.25) is 0 Å². The first-order valence-electron chi connectivity index (χ1n) is 5.46. The number of alkyl halides is 3. The highest BCUT2D eigenvalue weighted by molar-refractivity contribution is 5.71. The van der Waals surface area contributed by atoms with Gasteiger partial charge in [-0.3, -0.25) is 0 Å². The van der Waals surface area contributed by atoms with Gasteiger partial charge in [-0.1, -0.05) is 30.4 Å². The number of aromatic nitrogens is 2. The average Bonchev–Trinajstić information content (AvgIpc) is 2.66. The van der Waals surface area contributed by atoms with E-state index in [2.05, 4.69) is 4.98 Å². The highest BCUT2D eigenvalue weighted by Crippen LogP contribution is 2.29. The fraction of sp³-hybridized carbons (Fsp3) is 0.308. The SMILES string of the molecule is C\C=C/C=C(\C=C/C)c1nc(C(F)(F)F)cn1C. The largest absolute Gasteiger partial charge is 0.434 e. The van der Waals surface area contributed by atoms with Gasteiger partial charge in [0.25, 0.3) is 0 Å². The summed E-state index contributed by atoms with van der Waals surface area (Å²) in [4.78, 5) is 3.64. The van der Waals surface area contributed by atoms with Crippen molar-refractivity contribution in [1.29, 1.82) is 0 Å². The minimum Gasteiger partial charge on any atom is -0.333 e. The number of imidazole rings is 1. The third-order valence-electron chi connectivity index (χ3n) is 2.24. The molecule has 0 saturated heterocycles. The van der Waals surface area contributed by atoms with Crippen molar-refractivity contribution in [3.8, 4) is 0 Å². The third-order valence-corrected chi connectivity index (χ3v) is 2.24. The third kappa shape index (κ3) is 3.35. The zero-order valence-corrected chi connectivity index (χ0v) is 10.5. The van der Waals surface area contributed by atoms with Crippen LogP contribution >= 0.6 is 0 Å². The van der Waals surface area contributed by atoms with E-state index in [0.29, 0.717) is 11.4 Å². The van der Waals surface area contributed by atoms with Crippen LogP contribution in [0.25, 0.3) is 5.57 Å². The molecule has 0 aliphatic heterocycles. The molecule has 18 heavy (non-hydrogen) atoms. The second-order valence-corrected chi connectivity index (χ2v) is 3.71. The minimum atomic E-state index is -4.42. The van der Waals surface area contributed by atoms with E-state index in [1.807, 2.05) is 6.92 Å². The lowest BCUT2D eigenvalue weighted by Crippen LogP contribution is -2.05. The number of halogens is 3. The van der Waals surface area contributed by atoms with Crippen LogP contribution in [-0.2, 0) is 13.2 Å². The maximum absolute atomic E-state index is 12.6. The summed E-state index contributed by atoms with van der Waals surface area (Å²) in [6.45, 7) is 3.64. The molecular formula is C13H15F3N2. The summed E-state index contributed by atoms with van der Waals surface area (Å²) in [6, 6.07) is 0. The fourth-order valence-corrected chi connectivity index (χ4v) is 1.46. The molecule has 0 aromatic carbocycles. The lowest BCUT2D eigenvalue weighted by Gasteiger charge is -2.01. The monoisotopic (exact) mass is 256 g/mol. The van der Waals surface area contributed by atoms with Gasteiger partial charge in [0.2, 0.25) is 0 Å². The second kappa shape index (κ2) is 5.71. The van der Waals surface area contributed by atoms with Crippen molar-refractivity contribution in [1.82, 2.24) is 9.55 Å². The molecule has 0 aliphatic rings. The van der Waals surface area contributed by atoms with Crippen LogP contribution in [-0.4, -0.2) is 9.55 Å². The van der Waals surface area contributed by atoms with Gasteiger partial charge in [-0.15, -0.1) is 0 Å². The van der Waals surface area contributed by atoms with Gasteiger partial charge in [0.15, 0.2) is 5.69 Å². The van der Waals surface area contributed by atoms with Gasteiger partial charge in [-0.2, -0.15) is 13.2 Å². The number of allylic oxidation sites excluding steroid dienone is 6. The highest BCUT2D eigenvalue weighted by atomic mass is 19.4. The molecule has 98 valence electrons. The molecule has 1 heterocycles. The molecule has 0 unspecified atom stereocenters. The number of rotatable bonds is 3. The number of nitrogens with zero attached hydrogens (tertiary/aromatic N) is 2. The van der Waals surface area contributed by atoms with Gasteiger partial charge in [-0.05, 0) is 13.8 Å². The Bertz CT molecular complexity index is 491. The molecule has 0 aliphatic carbocycles. The zero-order valence-electron chi connectivity index (χ0n) is 10.5. The molecule has 0 bridgehead atoms. The van der Waals surface area contributed by atoms with E-state index in [9.17, 15) is 13.2 Å². The molecule has 2 nitrogen and oxygen atoms in total. The lowest BCUT2D eigenvalue weighted by atomic mass is 10.2. The molecule has 1 aromatic rings. The number of hydrogen-bond donors (Lipinski definition) is 0. The van der Waals surface area contributed by atoms with Gasteiger partial charge in [0, 0.05) is 18.8 Å². The van der Waals surface area contributed by atoms with E-state index in [0.717, 1.165) is 6.20 Å². The summed E-state index contributed by atoms with van der Waals surface area (Å²) in [6.07, 6.45) is 5.34. The van der Waals surface area contributed by atoms with Crippen LogP contribution in [0.1, 0.15) is 25.4 Å². The minimum absolute atomic E-state index is 0.290. The maximum atomic E-state index is 12.6. The van der Waals surface area contributed by atoms with Crippen LogP contribution in [0, 0.1) is 0 Å². The Kier molecular flexibility index (Phi) is 4.53. The van der Waals surface area contributed by atoms with Crippen LogP contribution in [0.15, 0.2) is 36.6 Å². The van der Waals surface area contributed by atoms with Crippen LogP contribution in [0.5, 0.6) is 0 Å². The van der Waals surface area contributed by atoms with Crippen molar-refractivity contribution in [2.45, 2.75) is 20.0 Å². The summed E-state index contributed by atoms with van der Waals surface area (Å²) in [5, 5.41) is 0. The van der Waals surface area contributed by atoms with Crippen molar-refractivity contribution in [3.63, 3.8) is 0 Å². The zero-order chi connectivity index (χ0) is 13.8. The Labute approximate surface area is 104 Å². The van der Waals surface area contributed by atoms with Gasteiger partial charge in [0.1, 0.15) is 5.82 Å². The first kappa shape index (κ1) is 14.3. The summed E-state index contributed by atoms with van der Waals surface area (Å²) < 4.78 is 39.0. The van der Waals surface area contributed by atoms with Crippen molar-refractivity contribution < 1.29 is 13.2 Å². The van der Waals surface area contributed by atoms with Gasteiger partial charge < -0.3 is 4.57 Å². The summed E-state index contributed by atoms with van der Waals surface area (Å²) >= 11 is 0. The van der Waals surface area contributed by atoms with Crippen LogP contribution in [0.4, 0.5) is 13.2 Å². The average molecular weight is 256 g/mol. The standard InChI is InChI=1S/C13H15F3N2/c1-4-6-8-10(7-5-2)12-17-11(9-18(12)3)13(14,15)16/h4-9H,1-3H3/b6-4-,7-5-,10-8+. The predicted octanol–water partition coefficient (Wildman–Crippen LogP) is 3.97. The summed E-state index contributed by atoms with van der Waals surface area (Å²) in [5.41, 5.74) is -0.246. The number of hydrogen-bond acceptors (Lipinski definition) is 1. The molecule has 5 heteroatoms. The first-order chi connectivity index (χ1) is 8.40. The lowest BCUT2D eigenvalue weighted by molar-refractivity contribution is -0.141. The van der Waals surface area contributed by atoms with Crippen LogP contribution < -0.4 is 0 Å². The Balaban J connectivity index is 3.26. The molecule has 1 aromatic heterocycles. The fourth-order valence-electron chi connectivity index (χ4n) is 1.46. The highest BCUT2D eigenvalue weighted by Gasteiger charge is 2.34. The van der Waals surface area contributed by atoms with E-state index in [1.165, 1.54) is 4.57 Å². The van der Waals surface area contributed by atoms with E-state index in [-0.39, 0.29) is 0 Å². The summed E-state index contributed by atoms with van der Waals surface area (Å²) in [5.74, 6) is 0.290. The predicted molar refractivity (Wildman–Crippen MR) is 65.8 cm³/mol. The van der Waals surface area contributed by atoms with E-state index in [1.54, 1.807) is 44.4 Å². The van der Waals surface area contributed by atoms with Gasteiger partial charge in [0.05, 0.1) is 0 Å². The Hall–Kier alpha value is -1.78. The molecule has 1 rings (SSSR count). The molecule has 0 radical (unpaired) electrons. The van der Waals surface area contributed by atoms with E-state index >= 15 is 0 Å². The maximum Gasteiger partial charge on any atom is 0.434 e. The van der Waals surface area contributed by atoms with E-state index in [4.69, 9.17) is 0 Å². The van der Waals surface area contributed by atoms with Crippen molar-refractivity contribution >= 4 is 5.57 Å². The smallest absolute Gasteiger partial charge is 0.333 e. The molecule has 0 atom stereocenters. The first-order valence-corrected chi connectivity index (χ1v) is 5.46. The normalized spacial score (nSPS) is 14.0. The Morgan fingerprint density at radius 2 is 1.94 bits per heavy atom. The molecule has 0 N–H and O–H groups in total. The van der Waals surface area contributed by atoms with Gasteiger partial charge in [-0.25, -0.2) is 4.98 Å². The molecule has 0 saturated carbocycles. The second-order valence-electron chi connectivity index (χ2n) is 3.71. The summed E-state index contributed by atoms with van der Waals surface area (Å²) in [7, 11) is 1.55. The molecule has 0 fully saturated rings. The molecular weight excluding hydrogens is 241 g/mol. The molecule has 0 spiro atoms. The van der Waals surface area contributed by atoms with Crippen LogP contribution in [0.3, 0.4) is 0 Å².